The van der Waals surface area contributed by atoms with Crippen LogP contribution in [0.15, 0.2) is 23.1 Å². The van der Waals surface area contributed by atoms with E-state index in [9.17, 15) is 13.5 Å². The van der Waals surface area contributed by atoms with Gasteiger partial charge < -0.3 is 5.11 Å². The number of piperazine rings is 1. The molecule has 0 radical (unpaired) electrons. The van der Waals surface area contributed by atoms with Crippen LogP contribution in [0.2, 0.25) is 5.02 Å². The summed E-state index contributed by atoms with van der Waals surface area (Å²) in [7, 11) is -1.56. The van der Waals surface area contributed by atoms with Crippen molar-refractivity contribution in [2.24, 2.45) is 0 Å². The first-order valence-corrected chi connectivity index (χ1v) is 8.70. The normalized spacial score (nSPS) is 25.2. The van der Waals surface area contributed by atoms with Crippen molar-refractivity contribution in [3.05, 3.63) is 28.8 Å². The van der Waals surface area contributed by atoms with Gasteiger partial charge in [0, 0.05) is 30.2 Å². The SMILES string of the molecule is CC1CN(S(=O)(=O)c2ccc(Cl)c(CO)c2)CC(C)N1C. The fourth-order valence-electron chi connectivity index (χ4n) is 2.53. The summed E-state index contributed by atoms with van der Waals surface area (Å²) in [6.07, 6.45) is 0. The molecule has 0 aliphatic carbocycles. The molecule has 2 unspecified atom stereocenters. The van der Waals surface area contributed by atoms with E-state index in [1.807, 2.05) is 20.9 Å². The Kier molecular flexibility index (Phi) is 4.95. The highest BCUT2D eigenvalue weighted by Crippen LogP contribution is 2.25. The Balaban J connectivity index is 2.34. The van der Waals surface area contributed by atoms with Crippen molar-refractivity contribution >= 4 is 21.6 Å². The van der Waals surface area contributed by atoms with Gasteiger partial charge in [-0.1, -0.05) is 11.6 Å². The molecule has 5 nitrogen and oxygen atoms in total. The van der Waals surface area contributed by atoms with Gasteiger partial charge in [0.25, 0.3) is 0 Å². The third kappa shape index (κ3) is 3.24. The van der Waals surface area contributed by atoms with E-state index in [0.717, 1.165) is 0 Å². The van der Waals surface area contributed by atoms with Crippen LogP contribution in [0.25, 0.3) is 0 Å². The minimum absolute atomic E-state index is 0.160. The molecule has 1 fully saturated rings. The van der Waals surface area contributed by atoms with E-state index in [4.69, 9.17) is 11.6 Å². The highest BCUT2D eigenvalue weighted by Gasteiger charge is 2.34. The molecule has 7 heteroatoms. The number of hydrogen-bond acceptors (Lipinski definition) is 4. The van der Waals surface area contributed by atoms with Crippen molar-refractivity contribution in [2.75, 3.05) is 20.1 Å². The quantitative estimate of drug-likeness (QED) is 0.912. The minimum atomic E-state index is -3.56. The van der Waals surface area contributed by atoms with Crippen LogP contribution in [-0.4, -0.2) is 55.0 Å². The van der Waals surface area contributed by atoms with Crippen molar-refractivity contribution in [1.29, 1.82) is 0 Å². The Morgan fingerprint density at radius 3 is 2.38 bits per heavy atom. The van der Waals surface area contributed by atoms with Crippen LogP contribution in [0.3, 0.4) is 0 Å². The van der Waals surface area contributed by atoms with E-state index in [0.29, 0.717) is 23.7 Å². The zero-order chi connectivity index (χ0) is 15.8. The summed E-state index contributed by atoms with van der Waals surface area (Å²) in [4.78, 5) is 2.35. The van der Waals surface area contributed by atoms with Crippen LogP contribution in [0.1, 0.15) is 19.4 Å². The van der Waals surface area contributed by atoms with E-state index < -0.39 is 10.0 Å². The van der Waals surface area contributed by atoms with E-state index in [-0.39, 0.29) is 23.6 Å². The number of benzene rings is 1. The van der Waals surface area contributed by atoms with Gasteiger partial charge in [-0.2, -0.15) is 4.31 Å². The van der Waals surface area contributed by atoms with Gasteiger partial charge >= 0.3 is 0 Å². The van der Waals surface area contributed by atoms with Gasteiger partial charge in [-0.05, 0) is 44.7 Å². The Labute approximate surface area is 131 Å². The first-order valence-electron chi connectivity index (χ1n) is 6.88. The molecule has 0 aromatic heterocycles. The summed E-state index contributed by atoms with van der Waals surface area (Å²) >= 11 is 5.92. The average Bonchev–Trinajstić information content (AvgIpc) is 2.44. The monoisotopic (exact) mass is 332 g/mol. The number of sulfonamides is 1. The van der Waals surface area contributed by atoms with Gasteiger partial charge in [0.1, 0.15) is 0 Å². The predicted octanol–water partition coefficient (Wildman–Crippen LogP) is 1.55. The number of aliphatic hydroxyl groups excluding tert-OH is 1. The highest BCUT2D eigenvalue weighted by molar-refractivity contribution is 7.89. The fourth-order valence-corrected chi connectivity index (χ4v) is 4.36. The van der Waals surface area contributed by atoms with Crippen molar-refractivity contribution in [1.82, 2.24) is 9.21 Å². The number of rotatable bonds is 3. The first-order chi connectivity index (χ1) is 9.77. The van der Waals surface area contributed by atoms with Gasteiger partial charge in [-0.25, -0.2) is 8.42 Å². The maximum Gasteiger partial charge on any atom is 0.243 e. The summed E-state index contributed by atoms with van der Waals surface area (Å²) in [6, 6.07) is 4.78. The number of aliphatic hydroxyl groups is 1. The molecule has 21 heavy (non-hydrogen) atoms. The van der Waals surface area contributed by atoms with E-state index in [1.54, 1.807) is 0 Å². The standard InChI is InChI=1S/C14H21ClN2O3S/c1-10-7-17(8-11(2)16(10)3)21(19,20)13-4-5-14(15)12(6-13)9-18/h4-6,10-11,18H,7-9H2,1-3H3. The molecule has 0 spiro atoms. The largest absolute Gasteiger partial charge is 0.392 e. The van der Waals surface area contributed by atoms with Crippen LogP contribution >= 0.6 is 11.6 Å². The molecule has 2 atom stereocenters. The van der Waals surface area contributed by atoms with Crippen LogP contribution in [0, 0.1) is 0 Å². The summed E-state index contributed by atoms with van der Waals surface area (Å²) in [5.74, 6) is 0. The zero-order valence-corrected chi connectivity index (χ0v) is 14.0. The van der Waals surface area contributed by atoms with Crippen LogP contribution in [-0.2, 0) is 16.6 Å². The smallest absolute Gasteiger partial charge is 0.243 e. The fraction of sp³-hybridized carbons (Fsp3) is 0.571. The molecule has 0 bridgehead atoms. The van der Waals surface area contributed by atoms with Crippen molar-refractivity contribution in [3.8, 4) is 0 Å². The molecule has 1 N–H and O–H groups in total. The second kappa shape index (κ2) is 6.22. The molecule has 2 rings (SSSR count). The summed E-state index contributed by atoms with van der Waals surface area (Å²) in [6.45, 7) is 4.66. The van der Waals surface area contributed by atoms with Gasteiger partial charge in [0.15, 0.2) is 0 Å². The lowest BCUT2D eigenvalue weighted by molar-refractivity contribution is 0.105. The molecule has 0 saturated carbocycles. The van der Waals surface area contributed by atoms with Crippen molar-refractivity contribution in [2.45, 2.75) is 37.4 Å². The van der Waals surface area contributed by atoms with Crippen LogP contribution in [0.5, 0.6) is 0 Å². The Bertz CT molecular complexity index is 609. The van der Waals surface area contributed by atoms with Crippen molar-refractivity contribution in [3.63, 3.8) is 0 Å². The number of likely N-dealkylation sites (N-methyl/N-ethyl adjacent to an activating group) is 1. The van der Waals surface area contributed by atoms with Gasteiger partial charge in [0.05, 0.1) is 11.5 Å². The molecule has 1 aliphatic heterocycles. The first kappa shape index (κ1) is 16.7. The third-order valence-corrected chi connectivity index (χ3v) is 6.35. The third-order valence-electron chi connectivity index (χ3n) is 4.15. The topological polar surface area (TPSA) is 60.9 Å². The molecule has 1 saturated heterocycles. The molecular weight excluding hydrogens is 312 g/mol. The average molecular weight is 333 g/mol. The molecule has 1 aromatic rings. The van der Waals surface area contributed by atoms with Gasteiger partial charge in [0.2, 0.25) is 10.0 Å². The van der Waals surface area contributed by atoms with Gasteiger partial charge in [-0.3, -0.25) is 4.90 Å². The highest BCUT2D eigenvalue weighted by atomic mass is 35.5. The molecule has 118 valence electrons. The molecule has 1 aliphatic rings. The Morgan fingerprint density at radius 1 is 1.29 bits per heavy atom. The van der Waals surface area contributed by atoms with Crippen LogP contribution in [0.4, 0.5) is 0 Å². The van der Waals surface area contributed by atoms with E-state index >= 15 is 0 Å². The van der Waals surface area contributed by atoms with E-state index in [1.165, 1.54) is 22.5 Å². The second-order valence-electron chi connectivity index (χ2n) is 5.60. The van der Waals surface area contributed by atoms with Gasteiger partial charge in [-0.15, -0.1) is 0 Å². The molecular formula is C14H21ClN2O3S. The number of hydrogen-bond donors (Lipinski definition) is 1. The number of nitrogens with zero attached hydrogens (tertiary/aromatic N) is 2. The van der Waals surface area contributed by atoms with Crippen molar-refractivity contribution < 1.29 is 13.5 Å². The molecule has 1 aromatic carbocycles. The summed E-state index contributed by atoms with van der Waals surface area (Å²) in [5.41, 5.74) is 0.424. The Morgan fingerprint density at radius 2 is 1.86 bits per heavy atom. The molecule has 0 amide bonds. The summed E-state index contributed by atoms with van der Waals surface area (Å²) < 4.78 is 27.0. The zero-order valence-electron chi connectivity index (χ0n) is 12.5. The summed E-state index contributed by atoms with van der Waals surface area (Å²) in [5, 5.41) is 9.61. The maximum atomic E-state index is 12.7. The maximum absolute atomic E-state index is 12.7. The Hall–Kier alpha value is -0.660. The predicted molar refractivity (Wildman–Crippen MR) is 82.8 cm³/mol. The number of halogens is 1. The lowest BCUT2D eigenvalue weighted by atomic mass is 10.1. The second-order valence-corrected chi connectivity index (χ2v) is 7.94. The lowest BCUT2D eigenvalue weighted by Crippen LogP contribution is -2.56. The van der Waals surface area contributed by atoms with Crippen LogP contribution < -0.4 is 0 Å². The van der Waals surface area contributed by atoms with E-state index in [2.05, 4.69) is 4.90 Å². The minimum Gasteiger partial charge on any atom is -0.392 e. The lowest BCUT2D eigenvalue weighted by Gasteiger charge is -2.41. The molecule has 1 heterocycles.